The molecule has 0 aliphatic heterocycles. The van der Waals surface area contributed by atoms with Gasteiger partial charge in [-0.3, -0.25) is 0 Å². The molecule has 0 atom stereocenters. The molecule has 0 bridgehead atoms. The smallest absolute Gasteiger partial charge is 0.243 e. The standard InChI is InChI=1S/C11H15NO4S/c13-8-7-12(9-1-2-9)17(15,16)11-5-3-10(14)4-6-11/h3-6,9,13-14H,1-2,7-8H2. The van der Waals surface area contributed by atoms with Crippen LogP contribution in [0.1, 0.15) is 12.8 Å². The van der Waals surface area contributed by atoms with Crippen molar-refractivity contribution >= 4 is 10.0 Å². The maximum Gasteiger partial charge on any atom is 0.243 e. The van der Waals surface area contributed by atoms with Crippen molar-refractivity contribution in [1.29, 1.82) is 0 Å². The molecule has 1 aliphatic rings. The molecular weight excluding hydrogens is 242 g/mol. The molecule has 1 aromatic rings. The molecule has 5 nitrogen and oxygen atoms in total. The molecule has 0 amide bonds. The predicted octanol–water partition coefficient (Wildman–Crippen LogP) is 0.538. The highest BCUT2D eigenvalue weighted by Gasteiger charge is 2.37. The first-order valence-electron chi connectivity index (χ1n) is 5.47. The van der Waals surface area contributed by atoms with Crippen molar-refractivity contribution in [1.82, 2.24) is 4.31 Å². The average molecular weight is 257 g/mol. The average Bonchev–Trinajstić information content (AvgIpc) is 3.10. The fraction of sp³-hybridized carbons (Fsp3) is 0.455. The molecule has 0 radical (unpaired) electrons. The van der Waals surface area contributed by atoms with E-state index in [-0.39, 0.29) is 29.8 Å². The first-order valence-corrected chi connectivity index (χ1v) is 6.91. The number of phenols is 1. The van der Waals surface area contributed by atoms with Crippen molar-refractivity contribution in [3.05, 3.63) is 24.3 Å². The number of benzene rings is 1. The maximum atomic E-state index is 12.2. The summed E-state index contributed by atoms with van der Waals surface area (Å²) in [6.45, 7) is -0.0678. The van der Waals surface area contributed by atoms with E-state index in [0.29, 0.717) is 0 Å². The summed E-state index contributed by atoms with van der Waals surface area (Å²) in [5, 5.41) is 18.1. The zero-order chi connectivity index (χ0) is 12.5. The molecule has 2 N–H and O–H groups in total. The predicted molar refractivity (Wildman–Crippen MR) is 62.1 cm³/mol. The van der Waals surface area contributed by atoms with E-state index in [9.17, 15) is 8.42 Å². The van der Waals surface area contributed by atoms with Crippen LogP contribution in [0.2, 0.25) is 0 Å². The topological polar surface area (TPSA) is 77.8 Å². The summed E-state index contributed by atoms with van der Waals surface area (Å²) in [5.41, 5.74) is 0. The molecule has 6 heteroatoms. The minimum atomic E-state index is -3.55. The SMILES string of the molecule is O=S(=O)(c1ccc(O)cc1)N(CCO)C1CC1. The van der Waals surface area contributed by atoms with Gasteiger partial charge in [0, 0.05) is 12.6 Å². The van der Waals surface area contributed by atoms with Gasteiger partial charge in [0.05, 0.1) is 11.5 Å². The van der Waals surface area contributed by atoms with Crippen molar-refractivity contribution in [3.8, 4) is 5.75 Å². The van der Waals surface area contributed by atoms with Gasteiger partial charge in [-0.2, -0.15) is 4.31 Å². The molecule has 1 aromatic carbocycles. The maximum absolute atomic E-state index is 12.2. The van der Waals surface area contributed by atoms with Gasteiger partial charge in [-0.25, -0.2) is 8.42 Å². The van der Waals surface area contributed by atoms with Crippen molar-refractivity contribution in [2.24, 2.45) is 0 Å². The van der Waals surface area contributed by atoms with Crippen LogP contribution < -0.4 is 0 Å². The van der Waals surface area contributed by atoms with Crippen LogP contribution in [0.15, 0.2) is 29.2 Å². The van der Waals surface area contributed by atoms with Gasteiger partial charge in [-0.1, -0.05) is 0 Å². The summed E-state index contributed by atoms with van der Waals surface area (Å²) in [7, 11) is -3.55. The monoisotopic (exact) mass is 257 g/mol. The van der Waals surface area contributed by atoms with Gasteiger partial charge in [0.15, 0.2) is 0 Å². The second kappa shape index (κ2) is 4.64. The Morgan fingerprint density at radius 1 is 1.24 bits per heavy atom. The molecule has 94 valence electrons. The number of sulfonamides is 1. The number of aliphatic hydroxyl groups excluding tert-OH is 1. The summed E-state index contributed by atoms with van der Waals surface area (Å²) in [6.07, 6.45) is 1.69. The molecule has 0 spiro atoms. The number of hydrogen-bond acceptors (Lipinski definition) is 4. The van der Waals surface area contributed by atoms with Gasteiger partial charge in [0.1, 0.15) is 5.75 Å². The largest absolute Gasteiger partial charge is 0.508 e. The molecule has 0 aromatic heterocycles. The Morgan fingerprint density at radius 3 is 2.29 bits per heavy atom. The van der Waals surface area contributed by atoms with Crippen LogP contribution in [-0.2, 0) is 10.0 Å². The Balaban J connectivity index is 2.30. The van der Waals surface area contributed by atoms with Crippen molar-refractivity contribution in [2.45, 2.75) is 23.8 Å². The van der Waals surface area contributed by atoms with Crippen LogP contribution in [0.25, 0.3) is 0 Å². The summed E-state index contributed by atoms with van der Waals surface area (Å²) < 4.78 is 25.8. The van der Waals surface area contributed by atoms with Gasteiger partial charge in [-0.15, -0.1) is 0 Å². The second-order valence-electron chi connectivity index (χ2n) is 4.06. The van der Waals surface area contributed by atoms with E-state index in [2.05, 4.69) is 0 Å². The third-order valence-electron chi connectivity index (χ3n) is 2.72. The van der Waals surface area contributed by atoms with E-state index in [1.54, 1.807) is 0 Å². The molecule has 0 unspecified atom stereocenters. The lowest BCUT2D eigenvalue weighted by Gasteiger charge is -2.20. The number of hydrogen-bond donors (Lipinski definition) is 2. The highest BCUT2D eigenvalue weighted by molar-refractivity contribution is 7.89. The number of aromatic hydroxyl groups is 1. The van der Waals surface area contributed by atoms with Crippen LogP contribution >= 0.6 is 0 Å². The molecule has 0 heterocycles. The highest BCUT2D eigenvalue weighted by atomic mass is 32.2. The van der Waals surface area contributed by atoms with Gasteiger partial charge in [0.2, 0.25) is 10.0 Å². The highest BCUT2D eigenvalue weighted by Crippen LogP contribution is 2.31. The van der Waals surface area contributed by atoms with Gasteiger partial charge in [-0.05, 0) is 37.1 Å². The zero-order valence-corrected chi connectivity index (χ0v) is 10.1. The Bertz CT molecular complexity index is 479. The van der Waals surface area contributed by atoms with E-state index in [1.807, 2.05) is 0 Å². The first kappa shape index (κ1) is 12.3. The Labute approximate surface area is 100 Å². The lowest BCUT2D eigenvalue weighted by atomic mass is 10.3. The molecule has 0 saturated heterocycles. The Morgan fingerprint density at radius 2 is 1.82 bits per heavy atom. The van der Waals surface area contributed by atoms with Crippen molar-refractivity contribution < 1.29 is 18.6 Å². The Hall–Kier alpha value is -1.11. The number of aliphatic hydroxyl groups is 1. The van der Waals surface area contributed by atoms with Crippen molar-refractivity contribution in [3.63, 3.8) is 0 Å². The van der Waals surface area contributed by atoms with E-state index < -0.39 is 10.0 Å². The zero-order valence-electron chi connectivity index (χ0n) is 9.28. The molecule has 1 fully saturated rings. The van der Waals surface area contributed by atoms with Crippen LogP contribution in [0.5, 0.6) is 5.75 Å². The molecule has 17 heavy (non-hydrogen) atoms. The summed E-state index contributed by atoms with van der Waals surface area (Å²) in [4.78, 5) is 0.149. The van der Waals surface area contributed by atoms with Gasteiger partial charge < -0.3 is 10.2 Å². The number of phenolic OH excluding ortho intramolecular Hbond substituents is 1. The van der Waals surface area contributed by atoms with Crippen LogP contribution in [-0.4, -0.2) is 42.1 Å². The van der Waals surface area contributed by atoms with E-state index in [1.165, 1.54) is 28.6 Å². The lowest BCUT2D eigenvalue weighted by Crippen LogP contribution is -2.35. The molecular formula is C11H15NO4S. The molecule has 1 saturated carbocycles. The van der Waals surface area contributed by atoms with Crippen LogP contribution in [0.3, 0.4) is 0 Å². The fourth-order valence-corrected chi connectivity index (χ4v) is 3.39. The summed E-state index contributed by atoms with van der Waals surface area (Å²) in [6, 6.07) is 5.45. The first-order chi connectivity index (χ1) is 8.05. The van der Waals surface area contributed by atoms with Crippen LogP contribution in [0.4, 0.5) is 0 Å². The van der Waals surface area contributed by atoms with Gasteiger partial charge in [0.25, 0.3) is 0 Å². The number of rotatable bonds is 5. The third-order valence-corrected chi connectivity index (χ3v) is 4.68. The normalized spacial score (nSPS) is 16.4. The van der Waals surface area contributed by atoms with Gasteiger partial charge >= 0.3 is 0 Å². The van der Waals surface area contributed by atoms with Crippen molar-refractivity contribution in [2.75, 3.05) is 13.2 Å². The van der Waals surface area contributed by atoms with E-state index >= 15 is 0 Å². The fourth-order valence-electron chi connectivity index (χ4n) is 1.71. The molecule has 2 rings (SSSR count). The summed E-state index contributed by atoms with van der Waals surface area (Å²) >= 11 is 0. The quantitative estimate of drug-likeness (QED) is 0.807. The summed E-state index contributed by atoms with van der Waals surface area (Å²) in [5.74, 6) is 0.0316. The second-order valence-corrected chi connectivity index (χ2v) is 5.95. The minimum absolute atomic E-state index is 0.0148. The van der Waals surface area contributed by atoms with E-state index in [0.717, 1.165) is 12.8 Å². The number of nitrogens with zero attached hydrogens (tertiary/aromatic N) is 1. The van der Waals surface area contributed by atoms with E-state index in [4.69, 9.17) is 10.2 Å². The third kappa shape index (κ3) is 2.59. The van der Waals surface area contributed by atoms with Crippen LogP contribution in [0, 0.1) is 0 Å². The molecule has 1 aliphatic carbocycles. The minimum Gasteiger partial charge on any atom is -0.508 e. The lowest BCUT2D eigenvalue weighted by molar-refractivity contribution is 0.250. The Kier molecular flexibility index (Phi) is 3.37.